The van der Waals surface area contributed by atoms with E-state index in [-0.39, 0.29) is 5.69 Å². The summed E-state index contributed by atoms with van der Waals surface area (Å²) in [7, 11) is 0. The Hall–Kier alpha value is -1.82. The number of halogens is 1. The highest BCUT2D eigenvalue weighted by Crippen LogP contribution is 2.28. The number of anilines is 1. The van der Waals surface area contributed by atoms with Gasteiger partial charge in [0.15, 0.2) is 0 Å². The minimum Gasteiger partial charge on any atom is -0.356 e. The van der Waals surface area contributed by atoms with Crippen molar-refractivity contribution in [1.82, 2.24) is 9.97 Å². The molecule has 1 aliphatic rings. The Morgan fingerprint density at radius 3 is 2.86 bits per heavy atom. The lowest BCUT2D eigenvalue weighted by Gasteiger charge is -2.24. The molecule has 0 saturated heterocycles. The van der Waals surface area contributed by atoms with Crippen LogP contribution in [0.1, 0.15) is 25.7 Å². The van der Waals surface area contributed by atoms with Gasteiger partial charge in [0.1, 0.15) is 0 Å². The van der Waals surface area contributed by atoms with Gasteiger partial charge in [0, 0.05) is 24.1 Å². The van der Waals surface area contributed by atoms with Crippen LogP contribution in [0.3, 0.4) is 0 Å². The van der Waals surface area contributed by atoms with Gasteiger partial charge in [-0.1, -0.05) is 0 Å². The van der Waals surface area contributed by atoms with Crippen molar-refractivity contribution in [3.8, 4) is 0 Å². The summed E-state index contributed by atoms with van der Waals surface area (Å²) >= 11 is 6.10. The lowest BCUT2D eigenvalue weighted by molar-refractivity contribution is -0.384. The number of H-pyrrole nitrogens is 1. The highest BCUT2D eigenvalue weighted by atomic mass is 35.5. The third kappa shape index (κ3) is 3.26. The molecule has 1 aromatic carbocycles. The van der Waals surface area contributed by atoms with Gasteiger partial charge in [0.05, 0.1) is 16.0 Å². The van der Waals surface area contributed by atoms with Crippen LogP contribution in [0.4, 0.5) is 11.6 Å². The van der Waals surface area contributed by atoms with E-state index >= 15 is 0 Å². The number of nitro groups is 1. The minimum absolute atomic E-state index is 0.0677. The number of alkyl halides is 1. The summed E-state index contributed by atoms with van der Waals surface area (Å²) in [5.41, 5.74) is 1.47. The van der Waals surface area contributed by atoms with Gasteiger partial charge in [-0.05, 0) is 37.7 Å². The first-order valence-corrected chi connectivity index (χ1v) is 7.57. The van der Waals surface area contributed by atoms with Crippen LogP contribution < -0.4 is 5.32 Å². The number of aromatic amines is 1. The third-order valence-corrected chi connectivity index (χ3v) is 4.45. The molecule has 6 nitrogen and oxygen atoms in total. The quantitative estimate of drug-likeness (QED) is 0.512. The van der Waals surface area contributed by atoms with Crippen molar-refractivity contribution in [3.05, 3.63) is 28.3 Å². The molecular formula is C14H17ClN4O2. The molecular weight excluding hydrogens is 292 g/mol. The van der Waals surface area contributed by atoms with Gasteiger partial charge in [-0.15, -0.1) is 11.6 Å². The number of hydrogen-bond donors (Lipinski definition) is 2. The van der Waals surface area contributed by atoms with Crippen LogP contribution in [0.2, 0.25) is 0 Å². The summed E-state index contributed by atoms with van der Waals surface area (Å²) in [6, 6.07) is 4.63. The van der Waals surface area contributed by atoms with Gasteiger partial charge in [-0.2, -0.15) is 0 Å². The van der Waals surface area contributed by atoms with Crippen molar-refractivity contribution in [2.24, 2.45) is 5.92 Å². The van der Waals surface area contributed by atoms with Crippen LogP contribution in [0.25, 0.3) is 11.0 Å². The fourth-order valence-corrected chi connectivity index (χ4v) is 3.01. The van der Waals surface area contributed by atoms with E-state index in [1.165, 1.54) is 12.1 Å². The van der Waals surface area contributed by atoms with E-state index in [1.54, 1.807) is 6.07 Å². The molecule has 1 saturated carbocycles. The van der Waals surface area contributed by atoms with Gasteiger partial charge in [0.2, 0.25) is 5.95 Å². The molecule has 2 N–H and O–H groups in total. The van der Waals surface area contributed by atoms with Crippen LogP contribution in [0, 0.1) is 16.0 Å². The number of benzene rings is 1. The summed E-state index contributed by atoms with van der Waals surface area (Å²) in [6.45, 7) is 0.853. The molecule has 1 heterocycles. The molecule has 1 aromatic heterocycles. The first-order valence-electron chi connectivity index (χ1n) is 7.14. The maximum absolute atomic E-state index is 10.8. The van der Waals surface area contributed by atoms with Crippen LogP contribution in [-0.4, -0.2) is 26.8 Å². The highest BCUT2D eigenvalue weighted by molar-refractivity contribution is 6.20. The summed E-state index contributed by atoms with van der Waals surface area (Å²) in [4.78, 5) is 17.8. The Labute approximate surface area is 127 Å². The number of nitrogens with zero attached hydrogens (tertiary/aromatic N) is 2. The predicted molar refractivity (Wildman–Crippen MR) is 82.8 cm³/mol. The molecule has 3 rings (SSSR count). The van der Waals surface area contributed by atoms with Gasteiger partial charge >= 0.3 is 0 Å². The van der Waals surface area contributed by atoms with Crippen LogP contribution in [0.5, 0.6) is 0 Å². The number of non-ortho nitro benzene ring substituents is 1. The zero-order valence-corrected chi connectivity index (χ0v) is 12.3. The number of nitro benzene ring substituents is 1. The second kappa shape index (κ2) is 5.89. The smallest absolute Gasteiger partial charge is 0.271 e. The average molecular weight is 309 g/mol. The number of fused-ring (bicyclic) bond motifs is 1. The number of nitrogens with one attached hydrogen (secondary N) is 2. The predicted octanol–water partition coefficient (Wildman–Crippen LogP) is 3.68. The van der Waals surface area contributed by atoms with E-state index < -0.39 is 4.92 Å². The molecule has 0 amide bonds. The molecule has 1 fully saturated rings. The summed E-state index contributed by atoms with van der Waals surface area (Å²) in [6.07, 6.45) is 4.40. The monoisotopic (exact) mass is 308 g/mol. The standard InChI is InChI=1S/C14H17ClN4O2/c15-10-3-1-9(2-4-10)8-16-14-17-12-6-5-11(19(20)21)7-13(12)18-14/h5-7,9-10H,1-4,8H2,(H2,16,17,18). The fraction of sp³-hybridized carbons (Fsp3) is 0.500. The Bertz CT molecular complexity index is 649. The molecule has 0 bridgehead atoms. The summed E-state index contributed by atoms with van der Waals surface area (Å²) < 4.78 is 0. The largest absolute Gasteiger partial charge is 0.356 e. The van der Waals surface area contributed by atoms with Gasteiger partial charge in [-0.25, -0.2) is 4.98 Å². The molecule has 0 aliphatic heterocycles. The second-order valence-corrected chi connectivity index (χ2v) is 6.16. The Morgan fingerprint density at radius 2 is 2.14 bits per heavy atom. The maximum atomic E-state index is 10.8. The van der Waals surface area contributed by atoms with Crippen molar-refractivity contribution >= 4 is 34.3 Å². The molecule has 0 spiro atoms. The molecule has 1 aliphatic carbocycles. The number of hydrogen-bond acceptors (Lipinski definition) is 4. The fourth-order valence-electron chi connectivity index (χ4n) is 2.76. The lowest BCUT2D eigenvalue weighted by Crippen LogP contribution is -2.21. The van der Waals surface area contributed by atoms with E-state index in [2.05, 4.69) is 15.3 Å². The minimum atomic E-state index is -0.405. The Balaban J connectivity index is 1.66. The van der Waals surface area contributed by atoms with Crippen LogP contribution in [-0.2, 0) is 0 Å². The van der Waals surface area contributed by atoms with Gasteiger partial charge in [-0.3, -0.25) is 10.1 Å². The molecule has 0 radical (unpaired) electrons. The number of aromatic nitrogens is 2. The van der Waals surface area contributed by atoms with Crippen molar-refractivity contribution < 1.29 is 4.92 Å². The topological polar surface area (TPSA) is 83.8 Å². The Morgan fingerprint density at radius 1 is 1.38 bits per heavy atom. The third-order valence-electron chi connectivity index (χ3n) is 4.01. The van der Waals surface area contributed by atoms with E-state index in [4.69, 9.17) is 11.6 Å². The SMILES string of the molecule is O=[N+]([O-])c1ccc2nc(NCC3CCC(Cl)CC3)[nH]c2c1. The number of rotatable bonds is 4. The normalized spacial score (nSPS) is 22.3. The maximum Gasteiger partial charge on any atom is 0.271 e. The Kier molecular flexibility index (Phi) is 3.96. The molecule has 21 heavy (non-hydrogen) atoms. The van der Waals surface area contributed by atoms with Crippen molar-refractivity contribution in [1.29, 1.82) is 0 Å². The summed E-state index contributed by atoms with van der Waals surface area (Å²) in [5.74, 6) is 1.28. The zero-order chi connectivity index (χ0) is 14.8. The first-order chi connectivity index (χ1) is 10.1. The highest BCUT2D eigenvalue weighted by Gasteiger charge is 2.19. The van der Waals surface area contributed by atoms with E-state index in [1.807, 2.05) is 0 Å². The van der Waals surface area contributed by atoms with Crippen molar-refractivity contribution in [3.63, 3.8) is 0 Å². The van der Waals surface area contributed by atoms with Gasteiger partial charge < -0.3 is 10.3 Å². The van der Waals surface area contributed by atoms with E-state index in [9.17, 15) is 10.1 Å². The molecule has 112 valence electrons. The zero-order valence-electron chi connectivity index (χ0n) is 11.5. The number of imidazole rings is 1. The van der Waals surface area contributed by atoms with E-state index in [0.717, 1.165) is 37.7 Å². The van der Waals surface area contributed by atoms with Gasteiger partial charge in [0.25, 0.3) is 5.69 Å². The first kappa shape index (κ1) is 14.1. The molecule has 0 unspecified atom stereocenters. The molecule has 0 atom stereocenters. The van der Waals surface area contributed by atoms with Crippen molar-refractivity contribution in [2.45, 2.75) is 31.1 Å². The summed E-state index contributed by atoms with van der Waals surface area (Å²) in [5, 5.41) is 14.4. The van der Waals surface area contributed by atoms with Crippen molar-refractivity contribution in [2.75, 3.05) is 11.9 Å². The van der Waals surface area contributed by atoms with Crippen LogP contribution >= 0.6 is 11.6 Å². The molecule has 7 heteroatoms. The second-order valence-electron chi connectivity index (χ2n) is 5.54. The van der Waals surface area contributed by atoms with Crippen LogP contribution in [0.15, 0.2) is 18.2 Å². The van der Waals surface area contributed by atoms with E-state index in [0.29, 0.717) is 22.8 Å². The lowest BCUT2D eigenvalue weighted by atomic mass is 9.89. The average Bonchev–Trinajstić information content (AvgIpc) is 2.88. The molecule has 2 aromatic rings.